The molecule has 1 aliphatic rings. The van der Waals surface area contributed by atoms with Gasteiger partial charge in [0.1, 0.15) is 0 Å². The van der Waals surface area contributed by atoms with Crippen LogP contribution in [0.15, 0.2) is 78.9 Å². The lowest BCUT2D eigenvalue weighted by atomic mass is 9.97. The second-order valence-corrected chi connectivity index (χ2v) is 7.98. The fraction of sp³-hybridized carbons (Fsp3) is 0.308. The van der Waals surface area contributed by atoms with E-state index in [0.717, 1.165) is 26.2 Å². The summed E-state index contributed by atoms with van der Waals surface area (Å²) in [6.45, 7) is 4.87. The van der Waals surface area contributed by atoms with E-state index in [1.54, 1.807) is 0 Å². The van der Waals surface area contributed by atoms with Crippen molar-refractivity contribution in [3.8, 4) is 11.1 Å². The van der Waals surface area contributed by atoms with Gasteiger partial charge in [-0.05, 0) is 59.8 Å². The van der Waals surface area contributed by atoms with Crippen LogP contribution in [0.3, 0.4) is 0 Å². The molecular formula is C26H31N3. The predicted octanol–water partition coefficient (Wildman–Crippen LogP) is 4.57. The first-order valence-corrected chi connectivity index (χ1v) is 10.7. The van der Waals surface area contributed by atoms with Crippen LogP contribution in [0.2, 0.25) is 0 Å². The molecule has 3 heteroatoms. The Kier molecular flexibility index (Phi) is 6.73. The average molecular weight is 386 g/mol. The molecule has 1 heterocycles. The van der Waals surface area contributed by atoms with Gasteiger partial charge >= 0.3 is 0 Å². The number of likely N-dealkylation sites (tertiary alicyclic amines) is 1. The largest absolute Gasteiger partial charge is 0.326 e. The zero-order valence-corrected chi connectivity index (χ0v) is 17.1. The normalized spacial score (nSPS) is 15.5. The minimum absolute atomic E-state index is 0.579. The summed E-state index contributed by atoms with van der Waals surface area (Å²) in [4.78, 5) is 2.57. The fourth-order valence-corrected chi connectivity index (χ4v) is 4.21. The number of nitrogens with one attached hydrogen (secondary N) is 1. The Morgan fingerprint density at radius 1 is 0.828 bits per heavy atom. The van der Waals surface area contributed by atoms with Crippen molar-refractivity contribution in [2.45, 2.75) is 38.5 Å². The third-order valence-electron chi connectivity index (χ3n) is 5.91. The van der Waals surface area contributed by atoms with Crippen LogP contribution >= 0.6 is 0 Å². The van der Waals surface area contributed by atoms with Crippen LogP contribution < -0.4 is 11.1 Å². The van der Waals surface area contributed by atoms with E-state index >= 15 is 0 Å². The second-order valence-electron chi connectivity index (χ2n) is 7.98. The number of nitrogens with zero attached hydrogens (tertiary/aromatic N) is 1. The first kappa shape index (κ1) is 19.8. The van der Waals surface area contributed by atoms with Crippen molar-refractivity contribution < 1.29 is 0 Å². The molecule has 0 aliphatic carbocycles. The van der Waals surface area contributed by atoms with E-state index in [-0.39, 0.29) is 0 Å². The van der Waals surface area contributed by atoms with Gasteiger partial charge in [0.25, 0.3) is 0 Å². The lowest BCUT2D eigenvalue weighted by molar-refractivity contribution is 0.190. The van der Waals surface area contributed by atoms with Crippen molar-refractivity contribution in [1.29, 1.82) is 0 Å². The van der Waals surface area contributed by atoms with E-state index in [9.17, 15) is 0 Å². The molecular weight excluding hydrogens is 354 g/mol. The van der Waals surface area contributed by atoms with Gasteiger partial charge in [-0.3, -0.25) is 4.90 Å². The van der Waals surface area contributed by atoms with Crippen molar-refractivity contribution in [2.75, 3.05) is 13.1 Å². The molecule has 0 aromatic heterocycles. The zero-order valence-electron chi connectivity index (χ0n) is 17.1. The van der Waals surface area contributed by atoms with Crippen molar-refractivity contribution in [2.24, 2.45) is 5.73 Å². The molecule has 0 bridgehead atoms. The molecule has 0 saturated carbocycles. The minimum atomic E-state index is 0.579. The maximum absolute atomic E-state index is 5.83. The number of piperidine rings is 1. The Bertz CT molecular complexity index is 899. The van der Waals surface area contributed by atoms with Gasteiger partial charge in [0.2, 0.25) is 0 Å². The molecule has 1 fully saturated rings. The molecule has 4 rings (SSSR count). The Hall–Kier alpha value is -2.46. The molecule has 0 spiro atoms. The van der Waals surface area contributed by atoms with Gasteiger partial charge in [0.15, 0.2) is 0 Å². The molecule has 150 valence electrons. The highest BCUT2D eigenvalue weighted by Crippen LogP contribution is 2.25. The fourth-order valence-electron chi connectivity index (χ4n) is 4.21. The highest BCUT2D eigenvalue weighted by atomic mass is 15.1. The maximum atomic E-state index is 5.83. The summed E-state index contributed by atoms with van der Waals surface area (Å²) in [5, 5.41) is 3.81. The third-order valence-corrected chi connectivity index (χ3v) is 5.91. The quantitative estimate of drug-likeness (QED) is 0.626. The number of hydrogen-bond acceptors (Lipinski definition) is 3. The molecule has 0 atom stereocenters. The number of hydrogen-bond donors (Lipinski definition) is 2. The van der Waals surface area contributed by atoms with E-state index in [2.05, 4.69) is 89.1 Å². The SMILES string of the molecule is NCc1cccc(-c2ccccc2CNC2CCN(Cc3ccccc3)CC2)c1. The third kappa shape index (κ3) is 5.33. The van der Waals surface area contributed by atoms with Crippen molar-refractivity contribution in [3.05, 3.63) is 95.6 Å². The molecule has 1 aliphatic heterocycles. The van der Waals surface area contributed by atoms with Gasteiger partial charge in [-0.15, -0.1) is 0 Å². The zero-order chi connectivity index (χ0) is 19.9. The molecule has 3 aromatic carbocycles. The molecule has 0 radical (unpaired) electrons. The molecule has 0 amide bonds. The summed E-state index contributed by atoms with van der Waals surface area (Å²) < 4.78 is 0. The van der Waals surface area contributed by atoms with Crippen LogP contribution in [0.5, 0.6) is 0 Å². The van der Waals surface area contributed by atoms with Crippen LogP contribution in [-0.4, -0.2) is 24.0 Å². The predicted molar refractivity (Wildman–Crippen MR) is 121 cm³/mol. The van der Waals surface area contributed by atoms with Crippen LogP contribution in [-0.2, 0) is 19.6 Å². The Morgan fingerprint density at radius 3 is 2.34 bits per heavy atom. The summed E-state index contributed by atoms with van der Waals surface area (Å²) in [6.07, 6.45) is 2.41. The highest BCUT2D eigenvalue weighted by Gasteiger charge is 2.19. The van der Waals surface area contributed by atoms with Gasteiger partial charge in [0, 0.05) is 25.7 Å². The number of nitrogens with two attached hydrogens (primary N) is 1. The first-order chi connectivity index (χ1) is 14.3. The number of rotatable bonds is 7. The summed E-state index contributed by atoms with van der Waals surface area (Å²) >= 11 is 0. The van der Waals surface area contributed by atoms with Gasteiger partial charge in [0.05, 0.1) is 0 Å². The topological polar surface area (TPSA) is 41.3 Å². The van der Waals surface area contributed by atoms with Gasteiger partial charge < -0.3 is 11.1 Å². The average Bonchev–Trinajstić information content (AvgIpc) is 2.79. The first-order valence-electron chi connectivity index (χ1n) is 10.7. The van der Waals surface area contributed by atoms with Crippen molar-refractivity contribution in [3.63, 3.8) is 0 Å². The minimum Gasteiger partial charge on any atom is -0.326 e. The van der Waals surface area contributed by atoms with E-state index in [0.29, 0.717) is 12.6 Å². The second kappa shape index (κ2) is 9.84. The summed E-state index contributed by atoms with van der Waals surface area (Å²) in [5.41, 5.74) is 12.3. The van der Waals surface area contributed by atoms with E-state index in [4.69, 9.17) is 5.73 Å². The van der Waals surface area contributed by atoms with Crippen molar-refractivity contribution >= 4 is 0 Å². The molecule has 29 heavy (non-hydrogen) atoms. The van der Waals surface area contributed by atoms with Crippen LogP contribution in [0, 0.1) is 0 Å². The van der Waals surface area contributed by atoms with Gasteiger partial charge in [-0.25, -0.2) is 0 Å². The molecule has 3 N–H and O–H groups in total. The van der Waals surface area contributed by atoms with Crippen LogP contribution in [0.1, 0.15) is 29.5 Å². The van der Waals surface area contributed by atoms with E-state index in [1.807, 2.05) is 0 Å². The monoisotopic (exact) mass is 385 g/mol. The molecule has 3 nitrogen and oxygen atoms in total. The molecule has 0 unspecified atom stereocenters. The smallest absolute Gasteiger partial charge is 0.0233 e. The van der Waals surface area contributed by atoms with Crippen LogP contribution in [0.4, 0.5) is 0 Å². The summed E-state index contributed by atoms with van der Waals surface area (Å²) in [7, 11) is 0. The lowest BCUT2D eigenvalue weighted by Crippen LogP contribution is -2.41. The van der Waals surface area contributed by atoms with Crippen LogP contribution in [0.25, 0.3) is 11.1 Å². The summed E-state index contributed by atoms with van der Waals surface area (Å²) in [5.74, 6) is 0. The Labute approximate surface area is 174 Å². The summed E-state index contributed by atoms with van der Waals surface area (Å²) in [6, 6.07) is 28.7. The number of benzene rings is 3. The lowest BCUT2D eigenvalue weighted by Gasteiger charge is -2.32. The van der Waals surface area contributed by atoms with Gasteiger partial charge in [-0.1, -0.05) is 72.8 Å². The van der Waals surface area contributed by atoms with Crippen molar-refractivity contribution in [1.82, 2.24) is 10.2 Å². The Morgan fingerprint density at radius 2 is 1.55 bits per heavy atom. The van der Waals surface area contributed by atoms with E-state index in [1.165, 1.54) is 40.7 Å². The van der Waals surface area contributed by atoms with E-state index < -0.39 is 0 Å². The molecule has 3 aromatic rings. The maximum Gasteiger partial charge on any atom is 0.0233 e. The Balaban J connectivity index is 1.33. The molecule has 1 saturated heterocycles. The van der Waals surface area contributed by atoms with Gasteiger partial charge in [-0.2, -0.15) is 0 Å². The standard InChI is InChI=1S/C26H31N3/c27-18-22-9-6-11-23(17-22)26-12-5-4-10-24(26)19-28-25-13-15-29(16-14-25)20-21-7-2-1-3-8-21/h1-12,17,25,28H,13-16,18-20,27H2. The highest BCUT2D eigenvalue weighted by molar-refractivity contribution is 5.68.